The van der Waals surface area contributed by atoms with Gasteiger partial charge in [-0.2, -0.15) is 5.10 Å². The molecule has 8 heteroatoms. The number of hydrogen-bond acceptors (Lipinski definition) is 7. The number of piperazine rings is 1. The van der Waals surface area contributed by atoms with Gasteiger partial charge in [0.25, 0.3) is 5.56 Å². The first-order valence-electron chi connectivity index (χ1n) is 9.06. The first kappa shape index (κ1) is 17.4. The number of aryl methyl sites for hydroxylation is 1. The Bertz CT molecular complexity index is 944. The number of rotatable bonds is 5. The fourth-order valence-corrected chi connectivity index (χ4v) is 3.20. The number of anilines is 1. The maximum Gasteiger partial charge on any atom is 0.267 e. The zero-order valence-electron chi connectivity index (χ0n) is 15.3. The van der Waals surface area contributed by atoms with E-state index in [1.54, 1.807) is 19.1 Å². The second-order valence-electron chi connectivity index (χ2n) is 6.65. The number of hydrogen-bond donors (Lipinski definition) is 0. The second-order valence-corrected chi connectivity index (χ2v) is 6.65. The molecule has 1 aliphatic rings. The molecule has 1 aliphatic heterocycles. The Labute approximate surface area is 157 Å². The number of aromatic nitrogens is 4. The Kier molecular flexibility index (Phi) is 4.97. The summed E-state index contributed by atoms with van der Waals surface area (Å²) < 4.78 is 6.98. The molecule has 4 rings (SSSR count). The highest BCUT2D eigenvalue weighted by atomic mass is 16.4. The summed E-state index contributed by atoms with van der Waals surface area (Å²) in [5.41, 5.74) is 0.969. The van der Waals surface area contributed by atoms with Crippen LogP contribution in [0.25, 0.3) is 0 Å². The second kappa shape index (κ2) is 7.71. The molecule has 0 spiro atoms. The van der Waals surface area contributed by atoms with Crippen LogP contribution < -0.4 is 10.5 Å². The molecule has 0 N–H and O–H groups in total. The van der Waals surface area contributed by atoms with Crippen molar-refractivity contribution < 1.29 is 4.42 Å². The van der Waals surface area contributed by atoms with E-state index in [0.29, 0.717) is 24.9 Å². The molecule has 0 radical (unpaired) electrons. The van der Waals surface area contributed by atoms with Crippen LogP contribution in [0.2, 0.25) is 0 Å². The average molecular weight is 366 g/mol. The van der Waals surface area contributed by atoms with Crippen LogP contribution in [-0.2, 0) is 13.1 Å². The van der Waals surface area contributed by atoms with Crippen LogP contribution in [0, 0.1) is 6.92 Å². The molecule has 0 aliphatic carbocycles. The molecular formula is C19H22N6O2. The minimum atomic E-state index is -0.0898. The van der Waals surface area contributed by atoms with Crippen LogP contribution in [0.15, 0.2) is 51.7 Å². The van der Waals surface area contributed by atoms with Crippen LogP contribution >= 0.6 is 0 Å². The van der Waals surface area contributed by atoms with Crippen LogP contribution in [0.1, 0.15) is 17.3 Å². The summed E-state index contributed by atoms with van der Waals surface area (Å²) in [5.74, 6) is 2.07. The van der Waals surface area contributed by atoms with Crippen molar-refractivity contribution in [1.82, 2.24) is 24.9 Å². The van der Waals surface area contributed by atoms with Crippen LogP contribution in [-0.4, -0.2) is 51.1 Å². The molecule has 3 heterocycles. The summed E-state index contributed by atoms with van der Waals surface area (Å²) >= 11 is 0. The quantitative estimate of drug-likeness (QED) is 0.673. The molecular weight excluding hydrogens is 344 g/mol. The Morgan fingerprint density at radius 2 is 1.74 bits per heavy atom. The summed E-state index contributed by atoms with van der Waals surface area (Å²) in [5, 5.41) is 12.5. The Morgan fingerprint density at radius 3 is 2.44 bits per heavy atom. The highest BCUT2D eigenvalue weighted by molar-refractivity contribution is 5.37. The first-order chi connectivity index (χ1) is 13.2. The molecule has 0 unspecified atom stereocenters. The topological polar surface area (TPSA) is 80.3 Å². The summed E-state index contributed by atoms with van der Waals surface area (Å²) in [4.78, 5) is 16.7. The third-order valence-electron chi connectivity index (χ3n) is 4.65. The van der Waals surface area contributed by atoms with Crippen molar-refractivity contribution >= 4 is 5.82 Å². The highest BCUT2D eigenvalue weighted by Crippen LogP contribution is 2.14. The Hall–Kier alpha value is -3.00. The molecule has 1 fully saturated rings. The van der Waals surface area contributed by atoms with E-state index in [9.17, 15) is 4.79 Å². The molecule has 2 aromatic heterocycles. The van der Waals surface area contributed by atoms with Gasteiger partial charge in [0.2, 0.25) is 11.8 Å². The van der Waals surface area contributed by atoms with Gasteiger partial charge in [0.05, 0.1) is 13.1 Å². The van der Waals surface area contributed by atoms with E-state index in [0.717, 1.165) is 37.6 Å². The lowest BCUT2D eigenvalue weighted by Crippen LogP contribution is -2.46. The molecule has 0 bridgehead atoms. The SMILES string of the molecule is Cc1nnc(CN2CCN(c3ccc(=O)n(Cc4ccccc4)n3)CC2)o1. The van der Waals surface area contributed by atoms with E-state index in [-0.39, 0.29) is 5.56 Å². The van der Waals surface area contributed by atoms with Gasteiger partial charge in [-0.05, 0) is 11.6 Å². The third kappa shape index (κ3) is 4.22. The fraction of sp³-hybridized carbons (Fsp3) is 0.368. The smallest absolute Gasteiger partial charge is 0.267 e. The van der Waals surface area contributed by atoms with Gasteiger partial charge in [0.15, 0.2) is 0 Å². The molecule has 1 saturated heterocycles. The van der Waals surface area contributed by atoms with Gasteiger partial charge in [-0.15, -0.1) is 10.2 Å². The van der Waals surface area contributed by atoms with Crippen molar-refractivity contribution in [2.75, 3.05) is 31.1 Å². The minimum absolute atomic E-state index is 0.0898. The lowest BCUT2D eigenvalue weighted by molar-refractivity contribution is 0.224. The molecule has 8 nitrogen and oxygen atoms in total. The van der Waals surface area contributed by atoms with Crippen LogP contribution in [0.4, 0.5) is 5.82 Å². The number of nitrogens with zero attached hydrogens (tertiary/aromatic N) is 6. The maximum atomic E-state index is 12.2. The monoisotopic (exact) mass is 366 g/mol. The maximum absolute atomic E-state index is 12.2. The minimum Gasteiger partial charge on any atom is -0.424 e. The van der Waals surface area contributed by atoms with Crippen molar-refractivity contribution in [3.63, 3.8) is 0 Å². The Morgan fingerprint density at radius 1 is 0.963 bits per heavy atom. The molecule has 140 valence electrons. The zero-order valence-corrected chi connectivity index (χ0v) is 15.3. The van der Waals surface area contributed by atoms with Gasteiger partial charge in [0, 0.05) is 39.2 Å². The van der Waals surface area contributed by atoms with E-state index in [4.69, 9.17) is 4.42 Å². The van der Waals surface area contributed by atoms with Crippen molar-refractivity contribution in [1.29, 1.82) is 0 Å². The average Bonchev–Trinajstić information content (AvgIpc) is 3.10. The van der Waals surface area contributed by atoms with Gasteiger partial charge in [-0.3, -0.25) is 9.69 Å². The van der Waals surface area contributed by atoms with Gasteiger partial charge in [-0.25, -0.2) is 4.68 Å². The summed E-state index contributed by atoms with van der Waals surface area (Å²) in [6.07, 6.45) is 0. The van der Waals surface area contributed by atoms with E-state index in [1.807, 2.05) is 30.3 Å². The fourth-order valence-electron chi connectivity index (χ4n) is 3.20. The normalized spacial score (nSPS) is 15.2. The largest absolute Gasteiger partial charge is 0.424 e. The van der Waals surface area contributed by atoms with Gasteiger partial charge < -0.3 is 9.32 Å². The Balaban J connectivity index is 1.41. The predicted molar refractivity (Wildman–Crippen MR) is 101 cm³/mol. The van der Waals surface area contributed by atoms with Crippen LogP contribution in [0.5, 0.6) is 0 Å². The standard InChI is InChI=1S/C19H22N6O2/c1-15-20-21-18(27-15)14-23-9-11-24(12-10-23)17-7-8-19(26)25(22-17)13-16-5-3-2-4-6-16/h2-8H,9-14H2,1H3. The van der Waals surface area contributed by atoms with Crippen molar-refractivity contribution in [2.45, 2.75) is 20.0 Å². The highest BCUT2D eigenvalue weighted by Gasteiger charge is 2.20. The molecule has 0 saturated carbocycles. The summed E-state index contributed by atoms with van der Waals surface area (Å²) in [7, 11) is 0. The summed E-state index contributed by atoms with van der Waals surface area (Å²) in [6, 6.07) is 13.3. The third-order valence-corrected chi connectivity index (χ3v) is 4.65. The lowest BCUT2D eigenvalue weighted by Gasteiger charge is -2.34. The molecule has 0 atom stereocenters. The van der Waals surface area contributed by atoms with E-state index >= 15 is 0 Å². The van der Waals surface area contributed by atoms with Crippen molar-refractivity contribution in [3.8, 4) is 0 Å². The van der Waals surface area contributed by atoms with Gasteiger partial charge in [-0.1, -0.05) is 30.3 Å². The predicted octanol–water partition coefficient (Wildman–Crippen LogP) is 1.31. The lowest BCUT2D eigenvalue weighted by atomic mass is 10.2. The van der Waals surface area contributed by atoms with E-state index < -0.39 is 0 Å². The molecule has 0 amide bonds. The van der Waals surface area contributed by atoms with Crippen LogP contribution in [0.3, 0.4) is 0 Å². The summed E-state index contributed by atoms with van der Waals surface area (Å²) in [6.45, 7) is 6.36. The van der Waals surface area contributed by atoms with Crippen molar-refractivity contribution in [2.24, 2.45) is 0 Å². The first-order valence-corrected chi connectivity index (χ1v) is 9.06. The van der Waals surface area contributed by atoms with E-state index in [1.165, 1.54) is 4.68 Å². The zero-order chi connectivity index (χ0) is 18.6. The molecule has 1 aromatic carbocycles. The number of benzene rings is 1. The molecule has 27 heavy (non-hydrogen) atoms. The van der Waals surface area contributed by atoms with Crippen molar-refractivity contribution in [3.05, 3.63) is 70.2 Å². The van der Waals surface area contributed by atoms with Gasteiger partial charge in [0.1, 0.15) is 5.82 Å². The van der Waals surface area contributed by atoms with Gasteiger partial charge >= 0.3 is 0 Å². The molecule has 3 aromatic rings. The van der Waals surface area contributed by atoms with E-state index in [2.05, 4.69) is 25.1 Å².